The number of hydrogen-bond acceptors (Lipinski definition) is 4. The Labute approximate surface area is 94.3 Å². The molecule has 0 amide bonds. The maximum absolute atomic E-state index is 13.0. The Morgan fingerprint density at radius 1 is 1.40 bits per heavy atom. The van der Waals surface area contributed by atoms with E-state index in [9.17, 15) is 4.39 Å². The third kappa shape index (κ3) is 1.42. The maximum atomic E-state index is 13.0. The second-order valence-electron chi connectivity index (χ2n) is 3.25. The summed E-state index contributed by atoms with van der Waals surface area (Å²) in [6, 6.07) is 4.79. The molecule has 0 atom stereocenters. The molecule has 2 nitrogen and oxygen atoms in total. The van der Waals surface area contributed by atoms with E-state index < -0.39 is 0 Å². The van der Waals surface area contributed by atoms with Gasteiger partial charge < -0.3 is 5.73 Å². The first-order chi connectivity index (χ1) is 7.24. The molecule has 0 spiro atoms. The van der Waals surface area contributed by atoms with Gasteiger partial charge in [-0.15, -0.1) is 23.1 Å². The van der Waals surface area contributed by atoms with Crippen molar-refractivity contribution in [1.29, 1.82) is 0 Å². The van der Waals surface area contributed by atoms with Crippen molar-refractivity contribution in [3.05, 3.63) is 28.9 Å². The van der Waals surface area contributed by atoms with Gasteiger partial charge in [0.2, 0.25) is 0 Å². The Morgan fingerprint density at radius 2 is 2.27 bits per heavy atom. The lowest BCUT2D eigenvalue weighted by atomic mass is 10.1. The highest BCUT2D eigenvalue weighted by Crippen LogP contribution is 2.44. The number of nitrogens with zero attached hydrogens (tertiary/aromatic N) is 1. The Balaban J connectivity index is 2.25. The number of aromatic nitrogens is 1. The second-order valence-corrected chi connectivity index (χ2v) is 5.39. The summed E-state index contributed by atoms with van der Waals surface area (Å²) in [5.74, 6) is 0.633. The summed E-state index contributed by atoms with van der Waals surface area (Å²) in [6.07, 6.45) is 0. The number of benzene rings is 1. The van der Waals surface area contributed by atoms with Crippen LogP contribution in [0.1, 0.15) is 4.88 Å². The van der Waals surface area contributed by atoms with Gasteiger partial charge in [0.25, 0.3) is 0 Å². The van der Waals surface area contributed by atoms with Crippen LogP contribution < -0.4 is 5.73 Å². The van der Waals surface area contributed by atoms with E-state index in [1.807, 2.05) is 0 Å². The van der Waals surface area contributed by atoms with Crippen LogP contribution in [0, 0.1) is 5.82 Å². The van der Waals surface area contributed by atoms with Crippen LogP contribution in [0.25, 0.3) is 11.3 Å². The van der Waals surface area contributed by atoms with E-state index in [-0.39, 0.29) is 5.82 Å². The fraction of sp³-hybridized carbons (Fsp3) is 0.100. The van der Waals surface area contributed by atoms with Gasteiger partial charge in [-0.3, -0.25) is 0 Å². The van der Waals surface area contributed by atoms with Gasteiger partial charge in [0, 0.05) is 21.1 Å². The summed E-state index contributed by atoms with van der Waals surface area (Å²) in [4.78, 5) is 6.41. The largest absolute Gasteiger partial charge is 0.375 e. The van der Waals surface area contributed by atoms with E-state index >= 15 is 0 Å². The lowest BCUT2D eigenvalue weighted by Gasteiger charge is -2.13. The molecule has 2 heterocycles. The fourth-order valence-corrected chi connectivity index (χ4v) is 3.63. The summed E-state index contributed by atoms with van der Waals surface area (Å²) < 4.78 is 13.0. The van der Waals surface area contributed by atoms with E-state index in [2.05, 4.69) is 4.98 Å². The molecule has 2 N–H and O–H groups in total. The summed E-state index contributed by atoms with van der Waals surface area (Å²) in [7, 11) is 0. The summed E-state index contributed by atoms with van der Waals surface area (Å²) >= 11 is 3.14. The van der Waals surface area contributed by atoms with Crippen LogP contribution in [0.15, 0.2) is 23.1 Å². The Hall–Kier alpha value is -1.07. The van der Waals surface area contributed by atoms with E-state index in [4.69, 9.17) is 5.73 Å². The predicted molar refractivity (Wildman–Crippen MR) is 61.5 cm³/mol. The number of fused-ring (bicyclic) bond motifs is 3. The standard InChI is InChI=1S/C10H7FN2S2/c11-5-1-2-6-7(3-5)14-4-8-9(6)13-10(12)15-8/h1-3H,4H2,(H2,12,13). The lowest BCUT2D eigenvalue weighted by Crippen LogP contribution is -1.94. The summed E-state index contributed by atoms with van der Waals surface area (Å²) in [5, 5.41) is 0.581. The van der Waals surface area contributed by atoms with Crippen LogP contribution in [0.4, 0.5) is 9.52 Å². The first-order valence-electron chi connectivity index (χ1n) is 4.42. The van der Waals surface area contributed by atoms with Crippen molar-refractivity contribution in [2.45, 2.75) is 10.6 Å². The molecule has 0 radical (unpaired) electrons. The van der Waals surface area contributed by atoms with Crippen LogP contribution in [0.2, 0.25) is 0 Å². The quantitative estimate of drug-likeness (QED) is 0.766. The second kappa shape index (κ2) is 3.21. The van der Waals surface area contributed by atoms with Gasteiger partial charge in [0.05, 0.1) is 5.69 Å². The molecule has 1 aliphatic heterocycles. The van der Waals surface area contributed by atoms with Crippen LogP contribution in [0.3, 0.4) is 0 Å². The highest BCUT2D eigenvalue weighted by molar-refractivity contribution is 7.98. The number of thioether (sulfide) groups is 1. The van der Waals surface area contributed by atoms with Crippen molar-refractivity contribution in [1.82, 2.24) is 4.98 Å². The smallest absolute Gasteiger partial charge is 0.180 e. The lowest BCUT2D eigenvalue weighted by molar-refractivity contribution is 0.624. The normalized spacial score (nSPS) is 13.4. The zero-order valence-electron chi connectivity index (χ0n) is 7.66. The number of halogens is 1. The van der Waals surface area contributed by atoms with Crippen LogP contribution in [-0.4, -0.2) is 4.98 Å². The molecule has 0 saturated heterocycles. The molecule has 1 aromatic heterocycles. The van der Waals surface area contributed by atoms with Gasteiger partial charge in [-0.25, -0.2) is 9.37 Å². The minimum Gasteiger partial charge on any atom is -0.375 e. The van der Waals surface area contributed by atoms with E-state index in [1.54, 1.807) is 23.9 Å². The Kier molecular flexibility index (Phi) is 1.97. The minimum atomic E-state index is -0.201. The van der Waals surface area contributed by atoms with E-state index in [0.717, 1.165) is 21.9 Å². The van der Waals surface area contributed by atoms with Crippen LogP contribution >= 0.6 is 23.1 Å². The Bertz CT molecular complexity index is 536. The van der Waals surface area contributed by atoms with Crippen molar-refractivity contribution in [3.63, 3.8) is 0 Å². The predicted octanol–water partition coefficient (Wildman–Crippen LogP) is 3.14. The fourth-order valence-electron chi connectivity index (χ4n) is 1.63. The molecular weight excluding hydrogens is 231 g/mol. The summed E-state index contributed by atoms with van der Waals surface area (Å²) in [6.45, 7) is 0. The maximum Gasteiger partial charge on any atom is 0.180 e. The molecular formula is C10H7FN2S2. The van der Waals surface area contributed by atoms with Crippen molar-refractivity contribution >= 4 is 28.2 Å². The third-order valence-corrected chi connectivity index (χ3v) is 4.42. The van der Waals surface area contributed by atoms with Gasteiger partial charge >= 0.3 is 0 Å². The number of nitrogen functional groups attached to an aromatic ring is 1. The average Bonchev–Trinajstić information content (AvgIpc) is 2.58. The topological polar surface area (TPSA) is 38.9 Å². The summed E-state index contributed by atoms with van der Waals surface area (Å²) in [5.41, 5.74) is 7.59. The molecule has 0 aliphatic carbocycles. The van der Waals surface area contributed by atoms with Gasteiger partial charge in [-0.1, -0.05) is 0 Å². The highest BCUT2D eigenvalue weighted by atomic mass is 32.2. The van der Waals surface area contributed by atoms with Gasteiger partial charge in [-0.2, -0.15) is 0 Å². The number of thiazole rings is 1. The number of rotatable bonds is 0. The van der Waals surface area contributed by atoms with E-state index in [1.165, 1.54) is 22.3 Å². The average molecular weight is 238 g/mol. The molecule has 5 heteroatoms. The molecule has 0 fully saturated rings. The molecule has 1 aliphatic rings. The van der Waals surface area contributed by atoms with Crippen molar-refractivity contribution < 1.29 is 4.39 Å². The molecule has 76 valence electrons. The van der Waals surface area contributed by atoms with Gasteiger partial charge in [0.15, 0.2) is 5.13 Å². The molecule has 0 unspecified atom stereocenters. The first-order valence-corrected chi connectivity index (χ1v) is 6.22. The zero-order chi connectivity index (χ0) is 10.4. The van der Waals surface area contributed by atoms with Gasteiger partial charge in [0.1, 0.15) is 5.82 Å². The molecule has 1 aromatic carbocycles. The van der Waals surface area contributed by atoms with Crippen molar-refractivity contribution in [3.8, 4) is 11.3 Å². The minimum absolute atomic E-state index is 0.201. The van der Waals surface area contributed by atoms with Crippen molar-refractivity contribution in [2.24, 2.45) is 0 Å². The molecule has 3 rings (SSSR count). The SMILES string of the molecule is Nc1nc2c(s1)CSc1cc(F)ccc1-2. The first kappa shape index (κ1) is 9.18. The number of hydrogen-bond donors (Lipinski definition) is 1. The van der Waals surface area contributed by atoms with Gasteiger partial charge in [-0.05, 0) is 18.2 Å². The molecule has 15 heavy (non-hydrogen) atoms. The Morgan fingerprint density at radius 3 is 3.13 bits per heavy atom. The van der Waals surface area contributed by atoms with E-state index in [0.29, 0.717) is 5.13 Å². The number of nitrogens with two attached hydrogens (primary N) is 1. The van der Waals surface area contributed by atoms with Crippen LogP contribution in [0.5, 0.6) is 0 Å². The van der Waals surface area contributed by atoms with Crippen LogP contribution in [-0.2, 0) is 5.75 Å². The number of anilines is 1. The highest BCUT2D eigenvalue weighted by Gasteiger charge is 2.20. The molecule has 0 saturated carbocycles. The van der Waals surface area contributed by atoms with Crippen molar-refractivity contribution in [2.75, 3.05) is 5.73 Å². The molecule has 2 aromatic rings. The monoisotopic (exact) mass is 238 g/mol. The zero-order valence-corrected chi connectivity index (χ0v) is 9.29. The molecule has 0 bridgehead atoms. The third-order valence-electron chi connectivity index (χ3n) is 2.27.